The van der Waals surface area contributed by atoms with E-state index in [1.807, 2.05) is 0 Å². The molecular formula is C18H22N4O8. The molecule has 12 heteroatoms. The molecule has 0 spiro atoms. The molecule has 0 saturated heterocycles. The van der Waals surface area contributed by atoms with Crippen LogP contribution in [0.5, 0.6) is 0 Å². The van der Waals surface area contributed by atoms with Crippen molar-refractivity contribution in [1.82, 2.24) is 0 Å². The summed E-state index contributed by atoms with van der Waals surface area (Å²) in [7, 11) is 0. The minimum Gasteiger partial charge on any atom is -0.545 e. The van der Waals surface area contributed by atoms with E-state index in [1.54, 1.807) is 0 Å². The van der Waals surface area contributed by atoms with Gasteiger partial charge in [-0.3, -0.25) is 20.2 Å². The van der Waals surface area contributed by atoms with E-state index in [9.17, 15) is 40.0 Å². The number of nitro groups is 2. The first-order chi connectivity index (χ1) is 14.2. The van der Waals surface area contributed by atoms with Crippen LogP contribution in [0.1, 0.15) is 33.6 Å². The summed E-state index contributed by atoms with van der Waals surface area (Å²) < 4.78 is 0. The van der Waals surface area contributed by atoms with E-state index < -0.39 is 44.3 Å². The predicted octanol–water partition coefficient (Wildman–Crippen LogP) is -1.83. The molecule has 0 radical (unpaired) electrons. The zero-order valence-corrected chi connectivity index (χ0v) is 16.0. The molecule has 0 fully saturated rings. The number of carboxylic acid groups (broad SMARTS) is 2. The molecule has 0 atom stereocenters. The number of unbranched alkanes of at least 4 members (excludes halogenated alkanes) is 1. The molecule has 30 heavy (non-hydrogen) atoms. The Morgan fingerprint density at radius 3 is 1.20 bits per heavy atom. The SMILES string of the molecule is O=C([O-])c1ccccc1[N+](=O)[O-].O=C([O-])c1ccccc1[N+](=O)[O-].[NH3+]CCCC[NH3+]. The predicted molar refractivity (Wildman–Crippen MR) is 99.6 cm³/mol. The molecule has 0 aliphatic heterocycles. The van der Waals surface area contributed by atoms with E-state index >= 15 is 0 Å². The number of hydrogen-bond acceptors (Lipinski definition) is 8. The van der Waals surface area contributed by atoms with E-state index in [2.05, 4.69) is 11.5 Å². The Labute approximate surface area is 171 Å². The molecule has 0 bridgehead atoms. The van der Waals surface area contributed by atoms with Gasteiger partial charge in [-0.1, -0.05) is 24.3 Å². The molecular weight excluding hydrogens is 400 g/mol. The summed E-state index contributed by atoms with van der Waals surface area (Å²) in [6, 6.07) is 10.1. The second kappa shape index (κ2) is 14.1. The monoisotopic (exact) mass is 422 g/mol. The van der Waals surface area contributed by atoms with Crippen molar-refractivity contribution in [3.05, 3.63) is 79.9 Å². The molecule has 0 saturated carbocycles. The fourth-order valence-electron chi connectivity index (χ4n) is 1.96. The highest BCUT2D eigenvalue weighted by atomic mass is 16.6. The van der Waals surface area contributed by atoms with Gasteiger partial charge in [-0.05, 0) is 12.1 Å². The van der Waals surface area contributed by atoms with Crippen LogP contribution >= 0.6 is 0 Å². The fraction of sp³-hybridized carbons (Fsp3) is 0.222. The van der Waals surface area contributed by atoms with Gasteiger partial charge in [0, 0.05) is 25.0 Å². The average molecular weight is 422 g/mol. The normalized spacial score (nSPS) is 9.27. The highest BCUT2D eigenvalue weighted by molar-refractivity contribution is 5.91. The minimum atomic E-state index is -1.54. The number of quaternary nitrogens is 2. The zero-order valence-electron chi connectivity index (χ0n) is 16.0. The number of benzene rings is 2. The lowest BCUT2D eigenvalue weighted by Gasteiger charge is -2.01. The molecule has 0 amide bonds. The maximum Gasteiger partial charge on any atom is 0.278 e. The van der Waals surface area contributed by atoms with Gasteiger partial charge in [0.1, 0.15) is 0 Å². The lowest BCUT2D eigenvalue weighted by molar-refractivity contribution is -0.386. The maximum atomic E-state index is 10.3. The number of rotatable bonds is 7. The summed E-state index contributed by atoms with van der Waals surface area (Å²) in [5, 5.41) is 41.1. The summed E-state index contributed by atoms with van der Waals surface area (Å²) in [5.41, 5.74) is 5.70. The zero-order chi connectivity index (χ0) is 23.1. The van der Waals surface area contributed by atoms with E-state index in [-0.39, 0.29) is 0 Å². The van der Waals surface area contributed by atoms with Gasteiger partial charge in [0.2, 0.25) is 0 Å². The van der Waals surface area contributed by atoms with Crippen molar-refractivity contribution in [3.63, 3.8) is 0 Å². The highest BCUT2D eigenvalue weighted by Crippen LogP contribution is 2.16. The van der Waals surface area contributed by atoms with Crippen molar-refractivity contribution in [2.45, 2.75) is 12.8 Å². The molecule has 0 aromatic heterocycles. The number of hydrogen-bond donors (Lipinski definition) is 2. The van der Waals surface area contributed by atoms with Gasteiger partial charge in [-0.2, -0.15) is 0 Å². The van der Waals surface area contributed by atoms with E-state index in [1.165, 1.54) is 37.1 Å². The van der Waals surface area contributed by atoms with Crippen molar-refractivity contribution in [2.24, 2.45) is 0 Å². The van der Waals surface area contributed by atoms with Crippen LogP contribution in [-0.4, -0.2) is 34.9 Å². The van der Waals surface area contributed by atoms with Crippen LogP contribution in [0.3, 0.4) is 0 Å². The quantitative estimate of drug-likeness (QED) is 0.292. The summed E-state index contributed by atoms with van der Waals surface area (Å²) in [6.45, 7) is 2.13. The molecule has 0 aliphatic carbocycles. The number of nitro benzene ring substituents is 2. The van der Waals surface area contributed by atoms with Crippen LogP contribution in [0, 0.1) is 20.2 Å². The first-order valence-corrected chi connectivity index (χ1v) is 8.65. The third-order valence-corrected chi connectivity index (χ3v) is 3.39. The van der Waals surface area contributed by atoms with Crippen LogP contribution < -0.4 is 21.7 Å². The van der Waals surface area contributed by atoms with Crippen LogP contribution in [-0.2, 0) is 0 Å². The first kappa shape index (κ1) is 26.1. The summed E-state index contributed by atoms with van der Waals surface area (Å²) in [5.74, 6) is -3.08. The molecule has 12 nitrogen and oxygen atoms in total. The third kappa shape index (κ3) is 9.34. The number of nitrogens with zero attached hydrogens (tertiary/aromatic N) is 2. The Balaban J connectivity index is 0.000000447. The Morgan fingerprint density at radius 1 is 0.700 bits per heavy atom. The minimum absolute atomic E-state index is 0.400. The molecule has 2 aromatic carbocycles. The van der Waals surface area contributed by atoms with Crippen LogP contribution in [0.15, 0.2) is 48.5 Å². The van der Waals surface area contributed by atoms with E-state index in [0.29, 0.717) is 0 Å². The van der Waals surface area contributed by atoms with Gasteiger partial charge in [-0.25, -0.2) is 0 Å². The first-order valence-electron chi connectivity index (χ1n) is 8.65. The maximum absolute atomic E-state index is 10.3. The van der Waals surface area contributed by atoms with Gasteiger partial charge >= 0.3 is 0 Å². The van der Waals surface area contributed by atoms with Gasteiger partial charge < -0.3 is 31.3 Å². The molecule has 6 N–H and O–H groups in total. The van der Waals surface area contributed by atoms with Crippen molar-refractivity contribution in [2.75, 3.05) is 13.1 Å². The Hall–Kier alpha value is -3.90. The van der Waals surface area contributed by atoms with E-state index in [4.69, 9.17) is 0 Å². The average Bonchev–Trinajstić information content (AvgIpc) is 2.73. The van der Waals surface area contributed by atoms with Crippen LogP contribution in [0.25, 0.3) is 0 Å². The van der Waals surface area contributed by atoms with Crippen molar-refractivity contribution in [3.8, 4) is 0 Å². The topological polar surface area (TPSA) is 222 Å². The summed E-state index contributed by atoms with van der Waals surface area (Å²) in [6.07, 6.45) is 2.48. The van der Waals surface area contributed by atoms with Gasteiger partial charge in [0.25, 0.3) is 11.4 Å². The second-order valence-corrected chi connectivity index (χ2v) is 5.54. The summed E-state index contributed by atoms with van der Waals surface area (Å²) in [4.78, 5) is 39.6. The third-order valence-electron chi connectivity index (χ3n) is 3.39. The Morgan fingerprint density at radius 2 is 1.00 bits per heavy atom. The molecule has 0 unspecified atom stereocenters. The number of aromatic carboxylic acids is 2. The molecule has 2 aromatic rings. The standard InChI is InChI=1S/2C7H5NO4.C4H12N2/c2*9-7(10)5-3-1-2-4-6(5)8(11)12;5-3-1-2-4-6/h2*1-4H,(H,9,10);1-6H2. The van der Waals surface area contributed by atoms with Crippen LogP contribution in [0.4, 0.5) is 11.4 Å². The number of carboxylic acids is 2. The number of carbonyl (C=O) groups excluding carboxylic acids is 2. The highest BCUT2D eigenvalue weighted by Gasteiger charge is 2.12. The Kier molecular flexibility index (Phi) is 12.3. The van der Waals surface area contributed by atoms with Gasteiger partial charge in [-0.15, -0.1) is 0 Å². The van der Waals surface area contributed by atoms with Crippen molar-refractivity contribution >= 4 is 23.3 Å². The number of carbonyl (C=O) groups is 2. The van der Waals surface area contributed by atoms with Crippen LogP contribution in [0.2, 0.25) is 0 Å². The lowest BCUT2D eigenvalue weighted by atomic mass is 10.2. The van der Waals surface area contributed by atoms with E-state index in [0.717, 1.165) is 37.4 Å². The van der Waals surface area contributed by atoms with Gasteiger partial charge in [0.05, 0.1) is 46.0 Å². The molecule has 0 aliphatic rings. The molecule has 2 rings (SSSR count). The fourth-order valence-corrected chi connectivity index (χ4v) is 1.96. The number of para-hydroxylation sites is 2. The smallest absolute Gasteiger partial charge is 0.278 e. The largest absolute Gasteiger partial charge is 0.545 e. The molecule has 0 heterocycles. The van der Waals surface area contributed by atoms with Gasteiger partial charge in [0.15, 0.2) is 0 Å². The molecule has 162 valence electrons. The lowest BCUT2D eigenvalue weighted by Crippen LogP contribution is -2.53. The van der Waals surface area contributed by atoms with Crippen molar-refractivity contribution < 1.29 is 41.1 Å². The Bertz CT molecular complexity index is 735. The summed E-state index contributed by atoms with van der Waals surface area (Å²) >= 11 is 0. The second-order valence-electron chi connectivity index (χ2n) is 5.54. The van der Waals surface area contributed by atoms with Crippen molar-refractivity contribution in [1.29, 1.82) is 0 Å².